The van der Waals surface area contributed by atoms with Crippen molar-refractivity contribution in [1.29, 1.82) is 0 Å². The molecule has 4 nitrogen and oxygen atoms in total. The Hall–Kier alpha value is -0.610. The van der Waals surface area contributed by atoms with Gasteiger partial charge in [-0.3, -0.25) is 0 Å². The molecule has 0 radical (unpaired) electrons. The lowest BCUT2D eigenvalue weighted by atomic mass is 9.95. The van der Waals surface area contributed by atoms with Gasteiger partial charge in [0.05, 0.1) is 17.9 Å². The van der Waals surface area contributed by atoms with E-state index in [0.29, 0.717) is 6.10 Å². The fourth-order valence-electron chi connectivity index (χ4n) is 1.84. The highest BCUT2D eigenvalue weighted by Gasteiger charge is 2.20. The van der Waals surface area contributed by atoms with Gasteiger partial charge < -0.3 is 14.7 Å². The van der Waals surface area contributed by atoms with E-state index in [1.165, 1.54) is 0 Å². The van der Waals surface area contributed by atoms with Crippen LogP contribution in [0.25, 0.3) is 0 Å². The monoisotopic (exact) mass is 215 g/mol. The van der Waals surface area contributed by atoms with E-state index in [0.717, 1.165) is 44.4 Å². The molecule has 1 N–H and O–H groups in total. The normalized spacial score (nSPS) is 23.9. The van der Waals surface area contributed by atoms with E-state index in [1.54, 1.807) is 7.11 Å². The molecular weight excluding hydrogens is 194 g/mol. The zero-order valence-corrected chi connectivity index (χ0v) is 9.61. The smallest absolute Gasteiger partial charge is 0.0586 e. The summed E-state index contributed by atoms with van der Waals surface area (Å²) in [6.07, 6.45) is 5.17. The van der Waals surface area contributed by atoms with Crippen LogP contribution in [0.15, 0.2) is 5.16 Å². The Morgan fingerprint density at radius 3 is 2.67 bits per heavy atom. The van der Waals surface area contributed by atoms with Crippen LogP contribution in [0.1, 0.15) is 39.0 Å². The maximum Gasteiger partial charge on any atom is 0.0586 e. The molecule has 0 spiro atoms. The van der Waals surface area contributed by atoms with Gasteiger partial charge in [-0.05, 0) is 39.0 Å². The van der Waals surface area contributed by atoms with E-state index in [4.69, 9.17) is 14.7 Å². The van der Waals surface area contributed by atoms with Crippen LogP contribution >= 0.6 is 0 Å². The predicted molar refractivity (Wildman–Crippen MR) is 58.5 cm³/mol. The maximum absolute atomic E-state index is 8.61. The average Bonchev–Trinajstić information content (AvgIpc) is 2.27. The molecule has 0 aromatic heterocycles. The van der Waals surface area contributed by atoms with Gasteiger partial charge in [-0.1, -0.05) is 5.16 Å². The standard InChI is InChI=1S/C11H21NO3/c1-9(7-8-14-2)15-11-5-3-10(12-13)4-6-11/h9,11,13H,3-8H2,1-2H3. The molecule has 0 bridgehead atoms. The Balaban J connectivity index is 2.17. The van der Waals surface area contributed by atoms with Gasteiger partial charge in [-0.2, -0.15) is 0 Å². The molecule has 1 aliphatic rings. The third kappa shape index (κ3) is 4.62. The van der Waals surface area contributed by atoms with Crippen LogP contribution in [0, 0.1) is 0 Å². The first-order chi connectivity index (χ1) is 7.26. The molecule has 1 saturated carbocycles. The van der Waals surface area contributed by atoms with Crippen molar-refractivity contribution >= 4 is 5.71 Å². The average molecular weight is 215 g/mol. The third-order valence-corrected chi connectivity index (χ3v) is 2.80. The highest BCUT2D eigenvalue weighted by molar-refractivity contribution is 5.84. The third-order valence-electron chi connectivity index (χ3n) is 2.80. The van der Waals surface area contributed by atoms with Crippen LogP contribution in [-0.4, -0.2) is 36.8 Å². The molecule has 4 heteroatoms. The summed E-state index contributed by atoms with van der Waals surface area (Å²) in [4.78, 5) is 0. The summed E-state index contributed by atoms with van der Waals surface area (Å²) >= 11 is 0. The Bertz CT molecular complexity index is 196. The number of methoxy groups -OCH3 is 1. The van der Waals surface area contributed by atoms with Crippen LogP contribution in [0.2, 0.25) is 0 Å². The Kier molecular flexibility index (Phi) is 5.65. The zero-order chi connectivity index (χ0) is 11.1. The minimum absolute atomic E-state index is 0.252. The summed E-state index contributed by atoms with van der Waals surface area (Å²) < 4.78 is 10.9. The minimum Gasteiger partial charge on any atom is -0.411 e. The van der Waals surface area contributed by atoms with Crippen LogP contribution in [0.5, 0.6) is 0 Å². The SMILES string of the molecule is COCCC(C)OC1CCC(=NO)CC1. The van der Waals surface area contributed by atoms with Gasteiger partial charge in [0, 0.05) is 13.7 Å². The molecule has 1 unspecified atom stereocenters. The molecule has 0 aromatic rings. The van der Waals surface area contributed by atoms with Gasteiger partial charge in [0.25, 0.3) is 0 Å². The van der Waals surface area contributed by atoms with E-state index in [2.05, 4.69) is 12.1 Å². The summed E-state index contributed by atoms with van der Waals surface area (Å²) in [5, 5.41) is 11.9. The summed E-state index contributed by atoms with van der Waals surface area (Å²) in [6.45, 7) is 2.83. The highest BCUT2D eigenvalue weighted by Crippen LogP contribution is 2.20. The second kappa shape index (κ2) is 6.80. The van der Waals surface area contributed by atoms with Crippen molar-refractivity contribution in [2.75, 3.05) is 13.7 Å². The fraction of sp³-hybridized carbons (Fsp3) is 0.909. The first kappa shape index (κ1) is 12.5. The molecule has 0 aromatic carbocycles. The lowest BCUT2D eigenvalue weighted by Crippen LogP contribution is -2.26. The van der Waals surface area contributed by atoms with Gasteiger partial charge in [0.15, 0.2) is 0 Å². The van der Waals surface area contributed by atoms with Crippen LogP contribution in [0.4, 0.5) is 0 Å². The number of ether oxygens (including phenoxy) is 2. The summed E-state index contributed by atoms with van der Waals surface area (Å²) in [5.74, 6) is 0. The molecule has 15 heavy (non-hydrogen) atoms. The van der Waals surface area contributed by atoms with Gasteiger partial charge in [-0.25, -0.2) is 0 Å². The summed E-state index contributed by atoms with van der Waals surface area (Å²) in [5.41, 5.74) is 0.902. The van der Waals surface area contributed by atoms with E-state index < -0.39 is 0 Å². The van der Waals surface area contributed by atoms with Gasteiger partial charge in [-0.15, -0.1) is 0 Å². The number of oxime groups is 1. The van der Waals surface area contributed by atoms with Gasteiger partial charge in [0.1, 0.15) is 0 Å². The first-order valence-corrected chi connectivity index (χ1v) is 5.60. The quantitative estimate of drug-likeness (QED) is 0.565. The van der Waals surface area contributed by atoms with Crippen molar-refractivity contribution in [3.05, 3.63) is 0 Å². The zero-order valence-electron chi connectivity index (χ0n) is 9.61. The molecule has 0 saturated heterocycles. The van der Waals surface area contributed by atoms with Gasteiger partial charge >= 0.3 is 0 Å². The molecule has 1 aliphatic carbocycles. The van der Waals surface area contributed by atoms with Crippen LogP contribution in [0.3, 0.4) is 0 Å². The number of rotatable bonds is 5. The topological polar surface area (TPSA) is 51.0 Å². The van der Waals surface area contributed by atoms with E-state index >= 15 is 0 Å². The van der Waals surface area contributed by atoms with E-state index in [-0.39, 0.29) is 6.10 Å². The Morgan fingerprint density at radius 2 is 2.13 bits per heavy atom. The number of nitrogens with zero attached hydrogens (tertiary/aromatic N) is 1. The van der Waals surface area contributed by atoms with Crippen LogP contribution in [-0.2, 0) is 9.47 Å². The second-order valence-corrected chi connectivity index (χ2v) is 4.09. The maximum atomic E-state index is 8.61. The molecule has 0 aliphatic heterocycles. The number of hydrogen-bond acceptors (Lipinski definition) is 4. The van der Waals surface area contributed by atoms with Crippen molar-refractivity contribution in [3.8, 4) is 0 Å². The number of hydrogen-bond donors (Lipinski definition) is 1. The largest absolute Gasteiger partial charge is 0.411 e. The molecule has 0 heterocycles. The molecule has 1 fully saturated rings. The van der Waals surface area contributed by atoms with E-state index in [9.17, 15) is 0 Å². The van der Waals surface area contributed by atoms with Gasteiger partial charge in [0.2, 0.25) is 0 Å². The fourth-order valence-corrected chi connectivity index (χ4v) is 1.84. The lowest BCUT2D eigenvalue weighted by Gasteiger charge is -2.26. The first-order valence-electron chi connectivity index (χ1n) is 5.60. The van der Waals surface area contributed by atoms with Crippen molar-refractivity contribution < 1.29 is 14.7 Å². The van der Waals surface area contributed by atoms with Crippen molar-refractivity contribution in [1.82, 2.24) is 0 Å². The summed E-state index contributed by atoms with van der Waals surface area (Å²) in [7, 11) is 1.71. The highest BCUT2D eigenvalue weighted by atomic mass is 16.5. The lowest BCUT2D eigenvalue weighted by molar-refractivity contribution is -0.0250. The predicted octanol–water partition coefficient (Wildman–Crippen LogP) is 2.20. The summed E-state index contributed by atoms with van der Waals surface area (Å²) in [6, 6.07) is 0. The van der Waals surface area contributed by atoms with Crippen molar-refractivity contribution in [2.24, 2.45) is 5.16 Å². The van der Waals surface area contributed by atoms with Crippen molar-refractivity contribution in [3.63, 3.8) is 0 Å². The van der Waals surface area contributed by atoms with Crippen LogP contribution < -0.4 is 0 Å². The Morgan fingerprint density at radius 1 is 1.47 bits per heavy atom. The van der Waals surface area contributed by atoms with E-state index in [1.807, 2.05) is 0 Å². The second-order valence-electron chi connectivity index (χ2n) is 4.09. The molecule has 1 atom stereocenters. The molecule has 1 rings (SSSR count). The molecule has 0 amide bonds. The van der Waals surface area contributed by atoms with Crippen molar-refractivity contribution in [2.45, 2.75) is 51.2 Å². The molecular formula is C11H21NO3. The Labute approximate surface area is 91.3 Å². The molecule has 88 valence electrons. The minimum atomic E-state index is 0.252.